The number of aliphatic hydroxyl groups is 1. The summed E-state index contributed by atoms with van der Waals surface area (Å²) < 4.78 is 0. The average Bonchev–Trinajstić information content (AvgIpc) is 2.33. The molecule has 2 aliphatic heterocycles. The van der Waals surface area contributed by atoms with Crippen LogP contribution in [0.5, 0.6) is 0 Å². The SMILES string of the molecule is CN1CCN2CCC(O)C2C1. The molecule has 0 spiro atoms. The third-order valence-electron chi connectivity index (χ3n) is 2.89. The normalized spacial score (nSPS) is 40.9. The first-order chi connectivity index (χ1) is 5.27. The van der Waals surface area contributed by atoms with E-state index in [-0.39, 0.29) is 6.10 Å². The van der Waals surface area contributed by atoms with Gasteiger partial charge in [-0.1, -0.05) is 0 Å². The molecule has 0 aliphatic carbocycles. The monoisotopic (exact) mass is 156 g/mol. The minimum atomic E-state index is -0.0715. The van der Waals surface area contributed by atoms with E-state index in [1.54, 1.807) is 0 Å². The van der Waals surface area contributed by atoms with Gasteiger partial charge >= 0.3 is 0 Å². The van der Waals surface area contributed by atoms with E-state index in [0.29, 0.717) is 6.04 Å². The molecule has 2 saturated heterocycles. The number of likely N-dealkylation sites (N-methyl/N-ethyl adjacent to an activating group) is 1. The minimum Gasteiger partial charge on any atom is -0.391 e. The van der Waals surface area contributed by atoms with Gasteiger partial charge in [0.05, 0.1) is 6.10 Å². The van der Waals surface area contributed by atoms with Crippen LogP contribution in [0.15, 0.2) is 0 Å². The van der Waals surface area contributed by atoms with Gasteiger partial charge in [-0.3, -0.25) is 4.90 Å². The molecular formula is C8H16N2O. The highest BCUT2D eigenvalue weighted by Crippen LogP contribution is 2.20. The van der Waals surface area contributed by atoms with Crippen molar-refractivity contribution in [3.8, 4) is 0 Å². The zero-order valence-electron chi connectivity index (χ0n) is 7.03. The number of hydrogen-bond acceptors (Lipinski definition) is 3. The molecule has 0 aromatic heterocycles. The quantitative estimate of drug-likeness (QED) is 0.506. The summed E-state index contributed by atoms with van der Waals surface area (Å²) in [6.07, 6.45) is 0.899. The molecule has 0 saturated carbocycles. The molecule has 0 bridgehead atoms. The molecule has 0 amide bonds. The lowest BCUT2D eigenvalue weighted by Gasteiger charge is -2.36. The van der Waals surface area contributed by atoms with Gasteiger partial charge < -0.3 is 10.0 Å². The van der Waals surface area contributed by atoms with E-state index < -0.39 is 0 Å². The first-order valence-corrected chi connectivity index (χ1v) is 4.38. The Hall–Kier alpha value is -0.120. The van der Waals surface area contributed by atoms with Crippen LogP contribution in [0, 0.1) is 0 Å². The number of aliphatic hydroxyl groups excluding tert-OH is 1. The summed E-state index contributed by atoms with van der Waals surface area (Å²) in [5.74, 6) is 0. The first kappa shape index (κ1) is 7.53. The Kier molecular flexibility index (Phi) is 1.87. The second-order valence-electron chi connectivity index (χ2n) is 3.72. The molecule has 2 heterocycles. The first-order valence-electron chi connectivity index (χ1n) is 4.38. The van der Waals surface area contributed by atoms with Crippen LogP contribution in [-0.4, -0.2) is 60.3 Å². The van der Waals surface area contributed by atoms with Gasteiger partial charge in [-0.05, 0) is 13.5 Å². The van der Waals surface area contributed by atoms with Gasteiger partial charge in [-0.2, -0.15) is 0 Å². The van der Waals surface area contributed by atoms with Crippen molar-refractivity contribution < 1.29 is 5.11 Å². The molecule has 3 nitrogen and oxygen atoms in total. The lowest BCUT2D eigenvalue weighted by molar-refractivity contribution is 0.0570. The van der Waals surface area contributed by atoms with Crippen LogP contribution in [0.3, 0.4) is 0 Å². The summed E-state index contributed by atoms with van der Waals surface area (Å²) in [6.45, 7) is 4.43. The highest BCUT2D eigenvalue weighted by atomic mass is 16.3. The molecule has 11 heavy (non-hydrogen) atoms. The van der Waals surface area contributed by atoms with Crippen LogP contribution in [0.25, 0.3) is 0 Å². The van der Waals surface area contributed by atoms with Crippen LogP contribution < -0.4 is 0 Å². The van der Waals surface area contributed by atoms with Gasteiger partial charge in [0.15, 0.2) is 0 Å². The molecular weight excluding hydrogens is 140 g/mol. The molecule has 2 aliphatic rings. The molecule has 64 valence electrons. The van der Waals surface area contributed by atoms with E-state index in [2.05, 4.69) is 16.8 Å². The molecule has 2 unspecified atom stereocenters. The van der Waals surface area contributed by atoms with Crippen LogP contribution in [0.2, 0.25) is 0 Å². The lowest BCUT2D eigenvalue weighted by atomic mass is 10.1. The fourth-order valence-electron chi connectivity index (χ4n) is 2.12. The van der Waals surface area contributed by atoms with E-state index in [0.717, 1.165) is 32.6 Å². The predicted octanol–water partition coefficient (Wildman–Crippen LogP) is -0.633. The van der Waals surface area contributed by atoms with Crippen molar-refractivity contribution in [3.63, 3.8) is 0 Å². The number of piperazine rings is 1. The Morgan fingerprint density at radius 1 is 1.27 bits per heavy atom. The molecule has 1 N–H and O–H groups in total. The number of fused-ring (bicyclic) bond motifs is 1. The summed E-state index contributed by atoms with van der Waals surface area (Å²) in [5, 5.41) is 9.57. The summed E-state index contributed by atoms with van der Waals surface area (Å²) >= 11 is 0. The minimum absolute atomic E-state index is 0.0715. The topological polar surface area (TPSA) is 26.7 Å². The number of hydrogen-bond donors (Lipinski definition) is 1. The van der Waals surface area contributed by atoms with Gasteiger partial charge in [0.25, 0.3) is 0 Å². The van der Waals surface area contributed by atoms with Crippen molar-refractivity contribution in [1.82, 2.24) is 9.80 Å². The molecule has 2 fully saturated rings. The second-order valence-corrected chi connectivity index (χ2v) is 3.72. The third-order valence-corrected chi connectivity index (χ3v) is 2.89. The fourth-order valence-corrected chi connectivity index (χ4v) is 2.12. The fraction of sp³-hybridized carbons (Fsp3) is 1.00. The van der Waals surface area contributed by atoms with Crippen molar-refractivity contribution in [2.24, 2.45) is 0 Å². The maximum absolute atomic E-state index is 9.57. The Morgan fingerprint density at radius 2 is 2.09 bits per heavy atom. The van der Waals surface area contributed by atoms with E-state index in [9.17, 15) is 5.11 Å². The van der Waals surface area contributed by atoms with Gasteiger partial charge in [0.1, 0.15) is 0 Å². The Balaban J connectivity index is 2.01. The van der Waals surface area contributed by atoms with Gasteiger partial charge in [-0.15, -0.1) is 0 Å². The summed E-state index contributed by atoms with van der Waals surface area (Å²) in [4.78, 5) is 4.71. The van der Waals surface area contributed by atoms with Gasteiger partial charge in [-0.25, -0.2) is 0 Å². The Bertz CT molecular complexity index is 151. The zero-order valence-corrected chi connectivity index (χ0v) is 7.03. The second kappa shape index (κ2) is 2.73. The van der Waals surface area contributed by atoms with Crippen LogP contribution in [0.4, 0.5) is 0 Å². The van der Waals surface area contributed by atoms with Gasteiger partial charge in [0, 0.05) is 32.2 Å². The highest BCUT2D eigenvalue weighted by molar-refractivity contribution is 4.91. The number of nitrogens with zero attached hydrogens (tertiary/aromatic N) is 2. The largest absolute Gasteiger partial charge is 0.391 e. The average molecular weight is 156 g/mol. The third kappa shape index (κ3) is 1.28. The summed E-state index contributed by atoms with van der Waals surface area (Å²) in [5.41, 5.74) is 0. The smallest absolute Gasteiger partial charge is 0.0720 e. The molecule has 3 heteroatoms. The van der Waals surface area contributed by atoms with Gasteiger partial charge in [0.2, 0.25) is 0 Å². The van der Waals surface area contributed by atoms with Crippen molar-refractivity contribution in [3.05, 3.63) is 0 Å². The van der Waals surface area contributed by atoms with Crippen molar-refractivity contribution >= 4 is 0 Å². The van der Waals surface area contributed by atoms with Crippen molar-refractivity contribution in [1.29, 1.82) is 0 Å². The van der Waals surface area contributed by atoms with E-state index in [1.807, 2.05) is 0 Å². The number of rotatable bonds is 0. The Morgan fingerprint density at radius 3 is 2.91 bits per heavy atom. The maximum atomic E-state index is 9.57. The lowest BCUT2D eigenvalue weighted by Crippen LogP contribution is -2.51. The molecule has 0 radical (unpaired) electrons. The van der Waals surface area contributed by atoms with Crippen LogP contribution in [-0.2, 0) is 0 Å². The zero-order chi connectivity index (χ0) is 7.84. The standard InChI is InChI=1S/C8H16N2O/c1-9-4-5-10-3-2-8(11)7(10)6-9/h7-8,11H,2-6H2,1H3. The molecule has 2 rings (SSSR count). The van der Waals surface area contributed by atoms with E-state index >= 15 is 0 Å². The van der Waals surface area contributed by atoms with Crippen LogP contribution >= 0.6 is 0 Å². The van der Waals surface area contributed by atoms with Crippen molar-refractivity contribution in [2.45, 2.75) is 18.6 Å². The van der Waals surface area contributed by atoms with E-state index in [1.165, 1.54) is 0 Å². The Labute approximate surface area is 67.6 Å². The molecule has 0 aromatic rings. The summed E-state index contributed by atoms with van der Waals surface area (Å²) in [7, 11) is 2.13. The highest BCUT2D eigenvalue weighted by Gasteiger charge is 2.35. The van der Waals surface area contributed by atoms with Crippen LogP contribution in [0.1, 0.15) is 6.42 Å². The molecule has 0 aromatic carbocycles. The van der Waals surface area contributed by atoms with E-state index in [4.69, 9.17) is 0 Å². The predicted molar refractivity (Wildman–Crippen MR) is 43.5 cm³/mol. The summed E-state index contributed by atoms with van der Waals surface area (Å²) in [6, 6.07) is 0.425. The van der Waals surface area contributed by atoms with Crippen molar-refractivity contribution in [2.75, 3.05) is 33.2 Å². The maximum Gasteiger partial charge on any atom is 0.0720 e. The molecule has 2 atom stereocenters.